The van der Waals surface area contributed by atoms with Crippen molar-refractivity contribution in [3.8, 4) is 5.75 Å². The predicted octanol–water partition coefficient (Wildman–Crippen LogP) is 3.86. The zero-order chi connectivity index (χ0) is 16.3. The van der Waals surface area contributed by atoms with E-state index in [-0.39, 0.29) is 0 Å². The van der Waals surface area contributed by atoms with Gasteiger partial charge in [0.15, 0.2) is 0 Å². The average molecular weight is 326 g/mol. The molecular weight excluding hydrogens is 309 g/mol. The van der Waals surface area contributed by atoms with Crippen LogP contribution < -0.4 is 4.74 Å². The third-order valence-corrected chi connectivity index (χ3v) is 3.81. The third kappa shape index (κ3) is 4.31. The molecule has 3 rings (SSSR count). The first kappa shape index (κ1) is 16.0. The molecule has 0 bridgehead atoms. The van der Waals surface area contributed by atoms with Crippen molar-refractivity contribution in [3.63, 3.8) is 0 Å². The maximum Gasteiger partial charge on any atom is 0.392 e. The van der Waals surface area contributed by atoms with Crippen LogP contribution in [0.5, 0.6) is 5.75 Å². The summed E-state index contributed by atoms with van der Waals surface area (Å²) in [5, 5.41) is 0.755. The van der Waals surface area contributed by atoms with Crippen molar-refractivity contribution in [3.05, 3.63) is 30.2 Å². The van der Waals surface area contributed by atoms with Crippen LogP contribution >= 0.6 is 0 Å². The highest BCUT2D eigenvalue weighted by molar-refractivity contribution is 5.79. The van der Waals surface area contributed by atoms with E-state index in [1.54, 1.807) is 24.4 Å². The van der Waals surface area contributed by atoms with Crippen LogP contribution in [-0.4, -0.2) is 36.0 Å². The summed E-state index contributed by atoms with van der Waals surface area (Å²) >= 11 is 0. The molecule has 1 aliphatic rings. The summed E-state index contributed by atoms with van der Waals surface area (Å²) in [5.74, 6) is 1.49. The first-order chi connectivity index (χ1) is 11.0. The highest BCUT2D eigenvalue weighted by atomic mass is 19.4. The van der Waals surface area contributed by atoms with E-state index in [1.165, 1.54) is 0 Å². The molecule has 124 valence electrons. The Labute approximate surface area is 131 Å². The van der Waals surface area contributed by atoms with Gasteiger partial charge in [0.25, 0.3) is 0 Å². The molecule has 0 spiro atoms. The van der Waals surface area contributed by atoms with Gasteiger partial charge in [0.2, 0.25) is 0 Å². The lowest BCUT2D eigenvalue weighted by atomic mass is 9.99. The molecule has 0 radical (unpaired) electrons. The van der Waals surface area contributed by atoms with Crippen molar-refractivity contribution in [1.82, 2.24) is 9.97 Å². The Morgan fingerprint density at radius 3 is 2.74 bits per heavy atom. The number of benzene rings is 1. The van der Waals surface area contributed by atoms with Gasteiger partial charge in [0.1, 0.15) is 11.6 Å². The number of ether oxygens (including phenoxy) is 2. The fourth-order valence-corrected chi connectivity index (χ4v) is 2.55. The van der Waals surface area contributed by atoms with Gasteiger partial charge >= 0.3 is 6.18 Å². The standard InChI is InChI=1S/C16H17F3N2O2/c17-16(18,19)5-8-23-13-1-2-14-12(9-13)10-20-15(21-14)11-3-6-22-7-4-11/h1-2,9-11H,3-8H2. The number of hydrogen-bond acceptors (Lipinski definition) is 4. The molecule has 0 atom stereocenters. The summed E-state index contributed by atoms with van der Waals surface area (Å²) < 4.78 is 46.8. The summed E-state index contributed by atoms with van der Waals surface area (Å²) in [7, 11) is 0. The van der Waals surface area contributed by atoms with Crippen LogP contribution in [0.1, 0.15) is 31.0 Å². The SMILES string of the molecule is FC(F)(F)CCOc1ccc2nc(C3CCOCC3)ncc2c1. The van der Waals surface area contributed by atoms with Crippen molar-refractivity contribution in [2.45, 2.75) is 31.4 Å². The molecule has 23 heavy (non-hydrogen) atoms. The van der Waals surface area contributed by atoms with Crippen LogP contribution in [0.2, 0.25) is 0 Å². The normalized spacial score (nSPS) is 16.7. The number of alkyl halides is 3. The summed E-state index contributed by atoms with van der Waals surface area (Å²) in [5.41, 5.74) is 0.768. The summed E-state index contributed by atoms with van der Waals surface area (Å²) in [6.07, 6.45) is -1.67. The Morgan fingerprint density at radius 2 is 2.00 bits per heavy atom. The van der Waals surface area contributed by atoms with Gasteiger partial charge in [-0.15, -0.1) is 0 Å². The van der Waals surface area contributed by atoms with Crippen LogP contribution in [-0.2, 0) is 4.74 Å². The lowest BCUT2D eigenvalue weighted by Gasteiger charge is -2.20. The minimum absolute atomic E-state index is 0.302. The molecular formula is C16H17F3N2O2. The molecule has 0 aliphatic carbocycles. The number of fused-ring (bicyclic) bond motifs is 1. The first-order valence-electron chi connectivity index (χ1n) is 7.55. The average Bonchev–Trinajstić information content (AvgIpc) is 2.54. The lowest BCUT2D eigenvalue weighted by molar-refractivity contribution is -0.139. The van der Waals surface area contributed by atoms with Crippen LogP contribution in [0, 0.1) is 0 Å². The Kier molecular flexibility index (Phi) is 4.66. The van der Waals surface area contributed by atoms with Crippen molar-refractivity contribution >= 4 is 10.9 Å². The Bertz CT molecular complexity index is 670. The minimum atomic E-state index is -4.21. The van der Waals surface area contributed by atoms with Crippen LogP contribution in [0.4, 0.5) is 13.2 Å². The quantitative estimate of drug-likeness (QED) is 0.856. The number of halogens is 3. The van der Waals surface area contributed by atoms with Crippen LogP contribution in [0.3, 0.4) is 0 Å². The molecule has 0 N–H and O–H groups in total. The van der Waals surface area contributed by atoms with Gasteiger partial charge in [-0.25, -0.2) is 9.97 Å². The molecule has 0 unspecified atom stereocenters. The minimum Gasteiger partial charge on any atom is -0.493 e. The highest BCUT2D eigenvalue weighted by Gasteiger charge is 2.26. The zero-order valence-corrected chi connectivity index (χ0v) is 12.5. The molecule has 2 aromatic rings. The summed E-state index contributed by atoms with van der Waals surface area (Å²) in [6.45, 7) is 1.05. The Hall–Kier alpha value is -1.89. The second kappa shape index (κ2) is 6.70. The van der Waals surface area contributed by atoms with E-state index in [4.69, 9.17) is 9.47 Å². The second-order valence-electron chi connectivity index (χ2n) is 5.55. The van der Waals surface area contributed by atoms with E-state index >= 15 is 0 Å². The predicted molar refractivity (Wildman–Crippen MR) is 78.5 cm³/mol. The largest absolute Gasteiger partial charge is 0.493 e. The topological polar surface area (TPSA) is 44.2 Å². The molecule has 0 amide bonds. The van der Waals surface area contributed by atoms with E-state index in [0.29, 0.717) is 11.7 Å². The number of aromatic nitrogens is 2. The maximum atomic E-state index is 12.1. The van der Waals surface area contributed by atoms with Gasteiger partial charge in [-0.05, 0) is 31.0 Å². The molecule has 4 nitrogen and oxygen atoms in total. The molecule has 2 heterocycles. The summed E-state index contributed by atoms with van der Waals surface area (Å²) in [4.78, 5) is 8.95. The van der Waals surface area contributed by atoms with E-state index in [0.717, 1.165) is 42.8 Å². The number of nitrogens with zero attached hydrogens (tertiary/aromatic N) is 2. The van der Waals surface area contributed by atoms with Crippen molar-refractivity contribution in [2.24, 2.45) is 0 Å². The lowest BCUT2D eigenvalue weighted by Crippen LogP contribution is -2.16. The molecule has 1 saturated heterocycles. The van der Waals surface area contributed by atoms with Gasteiger partial charge in [0.05, 0.1) is 18.5 Å². The Balaban J connectivity index is 1.71. The van der Waals surface area contributed by atoms with Gasteiger partial charge in [-0.1, -0.05) is 0 Å². The highest BCUT2D eigenvalue weighted by Crippen LogP contribution is 2.27. The van der Waals surface area contributed by atoms with E-state index in [2.05, 4.69) is 9.97 Å². The molecule has 1 fully saturated rings. The smallest absolute Gasteiger partial charge is 0.392 e. The maximum absolute atomic E-state index is 12.1. The van der Waals surface area contributed by atoms with E-state index in [9.17, 15) is 13.2 Å². The molecule has 7 heteroatoms. The van der Waals surface area contributed by atoms with Crippen LogP contribution in [0.15, 0.2) is 24.4 Å². The van der Waals surface area contributed by atoms with Crippen molar-refractivity contribution < 1.29 is 22.6 Å². The van der Waals surface area contributed by atoms with Crippen LogP contribution in [0.25, 0.3) is 10.9 Å². The van der Waals surface area contributed by atoms with E-state index < -0.39 is 19.2 Å². The zero-order valence-electron chi connectivity index (χ0n) is 12.5. The molecule has 1 aliphatic heterocycles. The molecule has 0 saturated carbocycles. The molecule has 1 aromatic heterocycles. The fourth-order valence-electron chi connectivity index (χ4n) is 2.55. The second-order valence-corrected chi connectivity index (χ2v) is 5.55. The van der Waals surface area contributed by atoms with E-state index in [1.807, 2.05) is 0 Å². The van der Waals surface area contributed by atoms with Gasteiger partial charge < -0.3 is 9.47 Å². The van der Waals surface area contributed by atoms with Gasteiger partial charge in [0, 0.05) is 30.7 Å². The van der Waals surface area contributed by atoms with Gasteiger partial charge in [-0.3, -0.25) is 0 Å². The fraction of sp³-hybridized carbons (Fsp3) is 0.500. The number of hydrogen-bond donors (Lipinski definition) is 0. The third-order valence-electron chi connectivity index (χ3n) is 3.81. The monoisotopic (exact) mass is 326 g/mol. The first-order valence-corrected chi connectivity index (χ1v) is 7.55. The number of rotatable bonds is 4. The van der Waals surface area contributed by atoms with Crippen molar-refractivity contribution in [1.29, 1.82) is 0 Å². The Morgan fingerprint density at radius 1 is 1.22 bits per heavy atom. The summed E-state index contributed by atoms with van der Waals surface area (Å²) in [6, 6.07) is 5.06. The molecule has 1 aromatic carbocycles. The van der Waals surface area contributed by atoms with Crippen molar-refractivity contribution in [2.75, 3.05) is 19.8 Å². The van der Waals surface area contributed by atoms with Gasteiger partial charge in [-0.2, -0.15) is 13.2 Å².